The summed E-state index contributed by atoms with van der Waals surface area (Å²) in [4.78, 5) is 30.3. The molecule has 3 rings (SSSR count). The molecule has 0 unspecified atom stereocenters. The first kappa shape index (κ1) is 17.8. The normalized spacial score (nSPS) is 14.0. The van der Waals surface area contributed by atoms with Gasteiger partial charge in [-0.2, -0.15) is 0 Å². The highest BCUT2D eigenvalue weighted by molar-refractivity contribution is 5.89. The van der Waals surface area contributed by atoms with E-state index in [1.165, 1.54) is 0 Å². The molecule has 0 spiro atoms. The van der Waals surface area contributed by atoms with Crippen LogP contribution in [0, 0.1) is 0 Å². The molecule has 2 aromatic carbocycles. The van der Waals surface area contributed by atoms with Crippen molar-refractivity contribution in [3.63, 3.8) is 0 Å². The van der Waals surface area contributed by atoms with E-state index in [0.29, 0.717) is 32.7 Å². The average molecular weight is 352 g/mol. The molecule has 1 aliphatic rings. The smallest absolute Gasteiger partial charge is 0.321 e. The van der Waals surface area contributed by atoms with Gasteiger partial charge in [-0.15, -0.1) is 0 Å². The fourth-order valence-corrected chi connectivity index (χ4v) is 2.96. The summed E-state index contributed by atoms with van der Waals surface area (Å²) in [6.07, 6.45) is 0. The van der Waals surface area contributed by atoms with Gasteiger partial charge in [-0.1, -0.05) is 36.4 Å². The number of urea groups is 1. The molecular weight excluding hydrogens is 328 g/mol. The van der Waals surface area contributed by atoms with Crippen molar-refractivity contribution in [2.45, 2.75) is 0 Å². The highest BCUT2D eigenvalue weighted by atomic mass is 16.2. The number of hydrogen-bond acceptors (Lipinski definition) is 3. The minimum Gasteiger partial charge on any atom is -0.365 e. The van der Waals surface area contributed by atoms with E-state index in [0.717, 1.165) is 11.4 Å². The van der Waals surface area contributed by atoms with Crippen molar-refractivity contribution >= 4 is 23.3 Å². The quantitative estimate of drug-likeness (QED) is 0.920. The van der Waals surface area contributed by atoms with Gasteiger partial charge in [-0.05, 0) is 24.3 Å². The monoisotopic (exact) mass is 352 g/mol. The summed E-state index contributed by atoms with van der Waals surface area (Å²) < 4.78 is 0. The average Bonchev–Trinajstić information content (AvgIpc) is 2.69. The summed E-state index contributed by atoms with van der Waals surface area (Å²) in [7, 11) is 1.91. The Labute approximate surface area is 154 Å². The third kappa shape index (κ3) is 4.53. The Morgan fingerprint density at radius 3 is 2.04 bits per heavy atom. The van der Waals surface area contributed by atoms with Gasteiger partial charge >= 0.3 is 6.03 Å². The van der Waals surface area contributed by atoms with E-state index in [4.69, 9.17) is 0 Å². The van der Waals surface area contributed by atoms with Crippen LogP contribution < -0.4 is 10.2 Å². The van der Waals surface area contributed by atoms with Crippen molar-refractivity contribution in [2.75, 3.05) is 50.0 Å². The predicted octanol–water partition coefficient (Wildman–Crippen LogP) is 2.50. The number of likely N-dealkylation sites (N-methyl/N-ethyl adjacent to an activating group) is 1. The van der Waals surface area contributed by atoms with Crippen LogP contribution in [0.2, 0.25) is 0 Å². The predicted molar refractivity (Wildman–Crippen MR) is 103 cm³/mol. The lowest BCUT2D eigenvalue weighted by molar-refractivity contribution is -0.131. The van der Waals surface area contributed by atoms with Crippen LogP contribution in [0.1, 0.15) is 0 Å². The summed E-state index contributed by atoms with van der Waals surface area (Å²) in [6.45, 7) is 2.53. The number of amides is 3. The van der Waals surface area contributed by atoms with Gasteiger partial charge < -0.3 is 20.0 Å². The van der Waals surface area contributed by atoms with Crippen molar-refractivity contribution in [1.29, 1.82) is 0 Å². The summed E-state index contributed by atoms with van der Waals surface area (Å²) in [5.74, 6) is 0.0828. The zero-order valence-corrected chi connectivity index (χ0v) is 15.0. The second-order valence-electron chi connectivity index (χ2n) is 6.36. The molecule has 0 bridgehead atoms. The Morgan fingerprint density at radius 2 is 1.42 bits per heavy atom. The Hall–Kier alpha value is -3.02. The van der Waals surface area contributed by atoms with E-state index in [1.807, 2.05) is 77.5 Å². The van der Waals surface area contributed by atoms with Gasteiger partial charge in [0.15, 0.2) is 0 Å². The lowest BCUT2D eigenvalue weighted by Crippen LogP contribution is -2.53. The number of anilines is 2. The van der Waals surface area contributed by atoms with Crippen molar-refractivity contribution < 1.29 is 9.59 Å². The van der Waals surface area contributed by atoms with Crippen LogP contribution in [0.3, 0.4) is 0 Å². The van der Waals surface area contributed by atoms with Crippen LogP contribution in [0.4, 0.5) is 16.2 Å². The number of benzene rings is 2. The minimum atomic E-state index is -0.121. The van der Waals surface area contributed by atoms with Gasteiger partial charge in [0.05, 0.1) is 6.54 Å². The molecule has 26 heavy (non-hydrogen) atoms. The number of rotatable bonds is 4. The maximum absolute atomic E-state index is 12.5. The highest BCUT2D eigenvalue weighted by Crippen LogP contribution is 2.12. The van der Waals surface area contributed by atoms with E-state index in [1.54, 1.807) is 4.90 Å². The largest absolute Gasteiger partial charge is 0.365 e. The summed E-state index contributed by atoms with van der Waals surface area (Å²) in [6, 6.07) is 19.1. The molecular formula is C20H24N4O2. The van der Waals surface area contributed by atoms with Crippen LogP contribution in [-0.4, -0.2) is 61.5 Å². The van der Waals surface area contributed by atoms with Crippen molar-refractivity contribution in [3.05, 3.63) is 60.7 Å². The molecule has 6 nitrogen and oxygen atoms in total. The third-order valence-corrected chi connectivity index (χ3v) is 4.51. The molecule has 6 heteroatoms. The van der Waals surface area contributed by atoms with Crippen molar-refractivity contribution in [3.8, 4) is 0 Å². The molecule has 3 amide bonds. The molecule has 1 aliphatic heterocycles. The molecule has 0 saturated carbocycles. The van der Waals surface area contributed by atoms with E-state index >= 15 is 0 Å². The second-order valence-corrected chi connectivity index (χ2v) is 6.36. The van der Waals surface area contributed by atoms with Gasteiger partial charge in [-0.3, -0.25) is 4.79 Å². The lowest BCUT2D eigenvalue weighted by Gasteiger charge is -2.35. The topological polar surface area (TPSA) is 55.9 Å². The van der Waals surface area contributed by atoms with Crippen LogP contribution in [0.15, 0.2) is 60.7 Å². The van der Waals surface area contributed by atoms with Crippen LogP contribution in [-0.2, 0) is 4.79 Å². The zero-order chi connectivity index (χ0) is 18.4. The van der Waals surface area contributed by atoms with Gasteiger partial charge in [-0.25, -0.2) is 4.79 Å². The molecule has 0 radical (unpaired) electrons. The van der Waals surface area contributed by atoms with E-state index in [2.05, 4.69) is 5.32 Å². The molecule has 0 aliphatic carbocycles. The SMILES string of the molecule is CN(CC(=O)N1CCN(C(=O)Nc2ccccc2)CC1)c1ccccc1. The second kappa shape index (κ2) is 8.38. The number of piperazine rings is 1. The lowest BCUT2D eigenvalue weighted by atomic mass is 10.2. The number of hydrogen-bond donors (Lipinski definition) is 1. The molecule has 1 N–H and O–H groups in total. The molecule has 1 heterocycles. The van der Waals surface area contributed by atoms with Gasteiger partial charge in [0.25, 0.3) is 0 Å². The number of nitrogens with zero attached hydrogens (tertiary/aromatic N) is 3. The van der Waals surface area contributed by atoms with Crippen LogP contribution >= 0.6 is 0 Å². The molecule has 2 aromatic rings. The molecule has 0 aromatic heterocycles. The summed E-state index contributed by atoms with van der Waals surface area (Å²) in [5.41, 5.74) is 1.79. The van der Waals surface area contributed by atoms with E-state index in [-0.39, 0.29) is 11.9 Å². The van der Waals surface area contributed by atoms with Crippen LogP contribution in [0.5, 0.6) is 0 Å². The highest BCUT2D eigenvalue weighted by Gasteiger charge is 2.24. The first-order valence-electron chi connectivity index (χ1n) is 8.78. The fourth-order valence-electron chi connectivity index (χ4n) is 2.96. The molecule has 136 valence electrons. The Morgan fingerprint density at radius 1 is 0.885 bits per heavy atom. The third-order valence-electron chi connectivity index (χ3n) is 4.51. The molecule has 0 atom stereocenters. The molecule has 1 saturated heterocycles. The summed E-state index contributed by atoms with van der Waals surface area (Å²) >= 11 is 0. The number of nitrogens with one attached hydrogen (secondary N) is 1. The van der Waals surface area contributed by atoms with Gasteiger partial charge in [0, 0.05) is 44.6 Å². The molecule has 1 fully saturated rings. The van der Waals surface area contributed by atoms with E-state index < -0.39 is 0 Å². The standard InChI is InChI=1S/C20H24N4O2/c1-22(18-10-6-3-7-11-18)16-19(25)23-12-14-24(15-13-23)20(26)21-17-8-4-2-5-9-17/h2-11H,12-16H2,1H3,(H,21,26). The minimum absolute atomic E-state index is 0.0828. The maximum Gasteiger partial charge on any atom is 0.321 e. The Kier molecular flexibility index (Phi) is 5.73. The van der Waals surface area contributed by atoms with Crippen molar-refractivity contribution in [2.24, 2.45) is 0 Å². The Bertz CT molecular complexity index is 728. The maximum atomic E-state index is 12.5. The first-order valence-corrected chi connectivity index (χ1v) is 8.78. The number of carbonyl (C=O) groups excluding carboxylic acids is 2. The van der Waals surface area contributed by atoms with Gasteiger partial charge in [0.1, 0.15) is 0 Å². The van der Waals surface area contributed by atoms with Crippen molar-refractivity contribution in [1.82, 2.24) is 9.80 Å². The Balaban J connectivity index is 1.47. The van der Waals surface area contributed by atoms with E-state index in [9.17, 15) is 9.59 Å². The summed E-state index contributed by atoms with van der Waals surface area (Å²) in [5, 5.41) is 2.88. The van der Waals surface area contributed by atoms with Crippen LogP contribution in [0.25, 0.3) is 0 Å². The zero-order valence-electron chi connectivity index (χ0n) is 15.0. The fraction of sp³-hybridized carbons (Fsp3) is 0.300. The first-order chi connectivity index (χ1) is 12.6. The number of carbonyl (C=O) groups is 2. The number of para-hydroxylation sites is 2. The van der Waals surface area contributed by atoms with Gasteiger partial charge in [0.2, 0.25) is 5.91 Å².